The van der Waals surface area contributed by atoms with Crippen molar-refractivity contribution in [2.24, 2.45) is 5.92 Å². The molecule has 1 heterocycles. The molecular weight excluding hydrogens is 314 g/mol. The third-order valence-electron chi connectivity index (χ3n) is 2.14. The quantitative estimate of drug-likeness (QED) is 0.866. The van der Waals surface area contributed by atoms with Crippen LogP contribution < -0.4 is 4.72 Å². The summed E-state index contributed by atoms with van der Waals surface area (Å²) in [6.45, 7) is 3.50. The summed E-state index contributed by atoms with van der Waals surface area (Å²) in [5, 5.41) is 10.8. The maximum absolute atomic E-state index is 11.9. The van der Waals surface area contributed by atoms with E-state index >= 15 is 0 Å². The smallest absolute Gasteiger partial charge is 0.251 e. The molecule has 0 spiro atoms. The molecule has 0 saturated heterocycles. The summed E-state index contributed by atoms with van der Waals surface area (Å²) < 4.78 is 27.2. The van der Waals surface area contributed by atoms with E-state index in [1.165, 1.54) is 0 Å². The van der Waals surface area contributed by atoms with Gasteiger partial charge in [-0.25, -0.2) is 13.1 Å². The van der Waals surface area contributed by atoms with Crippen LogP contribution in [0.15, 0.2) is 20.1 Å². The standard InChI is InChI=1S/C9H14BrNO3S2/c1-6(2)8(5-12)11-16(13,14)9-7(10)3-4-15-9/h3-4,6,8,11-12H,5H2,1-2H3. The van der Waals surface area contributed by atoms with Crippen molar-refractivity contribution in [1.29, 1.82) is 0 Å². The van der Waals surface area contributed by atoms with Crippen molar-refractivity contribution in [2.75, 3.05) is 6.61 Å². The van der Waals surface area contributed by atoms with E-state index in [1.807, 2.05) is 13.8 Å². The fourth-order valence-corrected chi connectivity index (χ4v) is 4.84. The minimum atomic E-state index is -3.54. The van der Waals surface area contributed by atoms with Crippen LogP contribution in [0.2, 0.25) is 0 Å². The van der Waals surface area contributed by atoms with Gasteiger partial charge in [0.25, 0.3) is 10.0 Å². The fraction of sp³-hybridized carbons (Fsp3) is 0.556. The Bertz CT molecular complexity index is 441. The number of thiophene rings is 1. The normalized spacial score (nSPS) is 14.3. The highest BCUT2D eigenvalue weighted by Gasteiger charge is 2.24. The number of aliphatic hydroxyl groups is 1. The van der Waals surface area contributed by atoms with Crippen LogP contribution in [0.25, 0.3) is 0 Å². The minimum Gasteiger partial charge on any atom is -0.395 e. The van der Waals surface area contributed by atoms with Crippen molar-refractivity contribution >= 4 is 37.3 Å². The summed E-state index contributed by atoms with van der Waals surface area (Å²) in [6.07, 6.45) is 0. The van der Waals surface area contributed by atoms with E-state index in [2.05, 4.69) is 20.7 Å². The largest absolute Gasteiger partial charge is 0.395 e. The van der Waals surface area contributed by atoms with Crippen molar-refractivity contribution in [3.63, 3.8) is 0 Å². The maximum Gasteiger partial charge on any atom is 0.251 e. The molecule has 7 heteroatoms. The lowest BCUT2D eigenvalue weighted by molar-refractivity contribution is 0.228. The van der Waals surface area contributed by atoms with E-state index in [0.717, 1.165) is 11.3 Å². The summed E-state index contributed by atoms with van der Waals surface area (Å²) in [5.74, 6) is 0.0403. The molecule has 0 aromatic carbocycles. The van der Waals surface area contributed by atoms with E-state index in [4.69, 9.17) is 5.11 Å². The van der Waals surface area contributed by atoms with E-state index in [1.54, 1.807) is 11.4 Å². The number of rotatable bonds is 5. The summed E-state index contributed by atoms with van der Waals surface area (Å²) in [6, 6.07) is 1.22. The molecule has 1 aromatic rings. The number of halogens is 1. The van der Waals surface area contributed by atoms with Crippen LogP contribution in [0, 0.1) is 5.92 Å². The number of aliphatic hydroxyl groups excluding tert-OH is 1. The summed E-state index contributed by atoms with van der Waals surface area (Å²) >= 11 is 4.32. The Morgan fingerprint density at radius 1 is 1.56 bits per heavy atom. The third-order valence-corrected chi connectivity index (χ3v) is 6.30. The van der Waals surface area contributed by atoms with Crippen molar-refractivity contribution in [3.05, 3.63) is 15.9 Å². The summed E-state index contributed by atoms with van der Waals surface area (Å²) in [5.41, 5.74) is 0. The molecule has 0 bridgehead atoms. The average Bonchev–Trinajstić information content (AvgIpc) is 2.61. The molecule has 16 heavy (non-hydrogen) atoms. The monoisotopic (exact) mass is 327 g/mol. The second-order valence-corrected chi connectivity index (χ2v) is 7.39. The maximum atomic E-state index is 11.9. The van der Waals surface area contributed by atoms with Crippen LogP contribution in [-0.4, -0.2) is 26.2 Å². The zero-order valence-electron chi connectivity index (χ0n) is 8.97. The second-order valence-electron chi connectivity index (χ2n) is 3.71. The topological polar surface area (TPSA) is 66.4 Å². The highest BCUT2D eigenvalue weighted by atomic mass is 79.9. The molecule has 0 aliphatic heterocycles. The van der Waals surface area contributed by atoms with E-state index in [-0.39, 0.29) is 16.7 Å². The Hall–Kier alpha value is 0.0500. The van der Waals surface area contributed by atoms with Gasteiger partial charge in [0.1, 0.15) is 4.21 Å². The lowest BCUT2D eigenvalue weighted by Gasteiger charge is -2.19. The number of hydrogen-bond donors (Lipinski definition) is 2. The van der Waals surface area contributed by atoms with Crippen LogP contribution in [0.5, 0.6) is 0 Å². The van der Waals surface area contributed by atoms with Gasteiger partial charge in [-0.1, -0.05) is 13.8 Å². The predicted octanol–water partition coefficient (Wildman–Crippen LogP) is 1.81. The molecule has 0 amide bonds. The molecule has 0 saturated carbocycles. The number of sulfonamides is 1. The van der Waals surface area contributed by atoms with Gasteiger partial charge in [-0.3, -0.25) is 0 Å². The van der Waals surface area contributed by atoms with Gasteiger partial charge in [0.05, 0.1) is 6.61 Å². The van der Waals surface area contributed by atoms with E-state index in [9.17, 15) is 8.42 Å². The van der Waals surface area contributed by atoms with Gasteiger partial charge in [-0.05, 0) is 33.3 Å². The number of nitrogens with one attached hydrogen (secondary N) is 1. The zero-order chi connectivity index (χ0) is 12.3. The first-order valence-corrected chi connectivity index (χ1v) is 7.90. The average molecular weight is 328 g/mol. The lowest BCUT2D eigenvalue weighted by Crippen LogP contribution is -2.40. The molecule has 92 valence electrons. The fourth-order valence-electron chi connectivity index (χ4n) is 1.11. The van der Waals surface area contributed by atoms with Crippen LogP contribution in [0.1, 0.15) is 13.8 Å². The molecule has 1 unspecified atom stereocenters. The van der Waals surface area contributed by atoms with Gasteiger partial charge in [-0.2, -0.15) is 0 Å². The summed E-state index contributed by atoms with van der Waals surface area (Å²) in [4.78, 5) is 0. The van der Waals surface area contributed by atoms with Gasteiger partial charge in [0, 0.05) is 10.5 Å². The molecule has 0 aliphatic carbocycles. The van der Waals surface area contributed by atoms with Crippen LogP contribution in [-0.2, 0) is 10.0 Å². The zero-order valence-corrected chi connectivity index (χ0v) is 12.2. The van der Waals surface area contributed by atoms with Gasteiger partial charge in [-0.15, -0.1) is 11.3 Å². The first kappa shape index (κ1) is 14.1. The minimum absolute atomic E-state index is 0.0403. The molecule has 1 rings (SSSR count). The van der Waals surface area contributed by atoms with Crippen molar-refractivity contribution in [3.8, 4) is 0 Å². The molecule has 0 fully saturated rings. The third kappa shape index (κ3) is 3.27. The molecule has 1 atom stereocenters. The van der Waals surface area contributed by atoms with Crippen LogP contribution >= 0.6 is 27.3 Å². The van der Waals surface area contributed by atoms with Crippen LogP contribution in [0.3, 0.4) is 0 Å². The Kier molecular flexibility index (Phi) is 4.93. The number of hydrogen-bond acceptors (Lipinski definition) is 4. The van der Waals surface area contributed by atoms with Crippen LogP contribution in [0.4, 0.5) is 0 Å². The van der Waals surface area contributed by atoms with E-state index in [0.29, 0.717) is 4.47 Å². The Morgan fingerprint density at radius 3 is 2.56 bits per heavy atom. The first-order chi connectivity index (χ1) is 7.38. The van der Waals surface area contributed by atoms with Gasteiger partial charge in [0.2, 0.25) is 0 Å². The SMILES string of the molecule is CC(C)C(CO)NS(=O)(=O)c1sccc1Br. The highest BCUT2D eigenvalue weighted by molar-refractivity contribution is 9.10. The lowest BCUT2D eigenvalue weighted by atomic mass is 10.1. The second kappa shape index (κ2) is 5.59. The van der Waals surface area contributed by atoms with Gasteiger partial charge in [0.15, 0.2) is 0 Å². The van der Waals surface area contributed by atoms with Crippen molar-refractivity contribution < 1.29 is 13.5 Å². The summed E-state index contributed by atoms with van der Waals surface area (Å²) in [7, 11) is -3.54. The van der Waals surface area contributed by atoms with Gasteiger partial charge >= 0.3 is 0 Å². The van der Waals surface area contributed by atoms with Crippen molar-refractivity contribution in [2.45, 2.75) is 24.1 Å². The van der Waals surface area contributed by atoms with E-state index < -0.39 is 16.1 Å². The Labute approximate surface area is 108 Å². The molecule has 0 radical (unpaired) electrons. The van der Waals surface area contributed by atoms with Crippen molar-refractivity contribution in [1.82, 2.24) is 4.72 Å². The first-order valence-electron chi connectivity index (χ1n) is 4.74. The Morgan fingerprint density at radius 2 is 2.19 bits per heavy atom. The molecule has 2 N–H and O–H groups in total. The highest BCUT2D eigenvalue weighted by Crippen LogP contribution is 2.27. The van der Waals surface area contributed by atoms with Gasteiger partial charge < -0.3 is 5.11 Å². The predicted molar refractivity (Wildman–Crippen MR) is 68.1 cm³/mol. The Balaban J connectivity index is 2.92. The molecular formula is C9H14BrNO3S2. The molecule has 1 aromatic heterocycles. The molecule has 0 aliphatic rings. The molecule has 4 nitrogen and oxygen atoms in total.